The highest BCUT2D eigenvalue weighted by atomic mass is 19.1. The molecule has 14 heavy (non-hydrogen) atoms. The Balaban J connectivity index is 2.41. The van der Waals surface area contributed by atoms with Gasteiger partial charge in [-0.05, 0) is 11.5 Å². The number of halogens is 1. The zero-order valence-corrected chi connectivity index (χ0v) is 8.80. The Labute approximate surface area is 83.9 Å². The van der Waals surface area contributed by atoms with E-state index >= 15 is 0 Å². The van der Waals surface area contributed by atoms with Gasteiger partial charge in [-0.2, -0.15) is 0 Å². The van der Waals surface area contributed by atoms with Crippen LogP contribution < -0.4 is 4.74 Å². The first-order valence-corrected chi connectivity index (χ1v) is 4.91. The van der Waals surface area contributed by atoms with Crippen LogP contribution in [-0.2, 0) is 0 Å². The molecule has 1 heterocycles. The Bertz CT molecular complexity index is 352. The molecule has 0 fully saturated rings. The van der Waals surface area contributed by atoms with Gasteiger partial charge in [0.1, 0.15) is 11.6 Å². The van der Waals surface area contributed by atoms with Crippen LogP contribution in [0.1, 0.15) is 32.3 Å². The van der Waals surface area contributed by atoms with Crippen molar-refractivity contribution in [1.29, 1.82) is 0 Å². The van der Waals surface area contributed by atoms with Gasteiger partial charge in [0.05, 0.1) is 6.61 Å². The third-order valence-corrected chi connectivity index (χ3v) is 2.80. The molecule has 1 atom stereocenters. The maximum absolute atomic E-state index is 12.9. The largest absolute Gasteiger partial charge is 0.493 e. The van der Waals surface area contributed by atoms with E-state index in [9.17, 15) is 4.39 Å². The van der Waals surface area contributed by atoms with Crippen molar-refractivity contribution in [1.82, 2.24) is 0 Å². The molecule has 1 unspecified atom stereocenters. The number of hydrogen-bond acceptors (Lipinski definition) is 1. The zero-order chi connectivity index (χ0) is 10.3. The molecule has 0 radical (unpaired) electrons. The average molecular weight is 194 g/mol. The first-order chi connectivity index (χ1) is 6.48. The van der Waals surface area contributed by atoms with E-state index in [0.29, 0.717) is 18.3 Å². The Morgan fingerprint density at radius 2 is 2.07 bits per heavy atom. The van der Waals surface area contributed by atoms with E-state index in [4.69, 9.17) is 4.74 Å². The maximum atomic E-state index is 12.9. The lowest BCUT2D eigenvalue weighted by Gasteiger charge is -2.25. The van der Waals surface area contributed by atoms with Crippen molar-refractivity contribution in [3.8, 4) is 5.75 Å². The fraction of sp³-hybridized carbons (Fsp3) is 0.500. The Morgan fingerprint density at radius 3 is 2.71 bits per heavy atom. The molecule has 0 amide bonds. The summed E-state index contributed by atoms with van der Waals surface area (Å²) in [5, 5.41) is 0. The predicted molar refractivity (Wildman–Crippen MR) is 54.1 cm³/mol. The summed E-state index contributed by atoms with van der Waals surface area (Å²) in [4.78, 5) is 0. The van der Waals surface area contributed by atoms with Gasteiger partial charge < -0.3 is 4.74 Å². The summed E-state index contributed by atoms with van der Waals surface area (Å²) in [6.45, 7) is 7.21. The molecule has 1 aromatic carbocycles. The van der Waals surface area contributed by atoms with E-state index in [1.165, 1.54) is 12.1 Å². The van der Waals surface area contributed by atoms with Crippen LogP contribution in [0.15, 0.2) is 18.2 Å². The minimum Gasteiger partial charge on any atom is -0.493 e. The van der Waals surface area contributed by atoms with Crippen LogP contribution in [0, 0.1) is 11.2 Å². The van der Waals surface area contributed by atoms with Crippen LogP contribution in [0.5, 0.6) is 5.75 Å². The molecule has 0 spiro atoms. The number of benzene rings is 1. The van der Waals surface area contributed by atoms with Crippen LogP contribution >= 0.6 is 0 Å². The minimum absolute atomic E-state index is 0.170. The first kappa shape index (κ1) is 9.50. The Kier molecular flexibility index (Phi) is 2.02. The van der Waals surface area contributed by atoms with Gasteiger partial charge in [0.15, 0.2) is 0 Å². The molecule has 1 aromatic rings. The molecular weight excluding hydrogens is 179 g/mol. The van der Waals surface area contributed by atoms with E-state index < -0.39 is 0 Å². The highest BCUT2D eigenvalue weighted by molar-refractivity contribution is 5.41. The third kappa shape index (κ3) is 1.49. The van der Waals surface area contributed by atoms with Gasteiger partial charge in [0.2, 0.25) is 0 Å². The number of hydrogen-bond donors (Lipinski definition) is 0. The summed E-state index contributed by atoms with van der Waals surface area (Å²) in [5.41, 5.74) is 1.31. The fourth-order valence-corrected chi connectivity index (χ4v) is 1.90. The predicted octanol–water partition coefficient (Wildman–Crippen LogP) is 3.35. The van der Waals surface area contributed by atoms with Crippen LogP contribution in [0.25, 0.3) is 0 Å². The molecule has 1 aliphatic rings. The fourth-order valence-electron chi connectivity index (χ4n) is 1.90. The molecule has 1 nitrogen and oxygen atoms in total. The summed E-state index contributed by atoms with van der Waals surface area (Å²) >= 11 is 0. The standard InChI is InChI=1S/C12H15FO/c1-12(2,3)10-7-14-11-6-8(13)4-5-9(10)11/h4-6,10H,7H2,1-3H3. The topological polar surface area (TPSA) is 9.23 Å². The van der Waals surface area contributed by atoms with Crippen molar-refractivity contribution in [3.63, 3.8) is 0 Å². The van der Waals surface area contributed by atoms with Crippen molar-refractivity contribution in [3.05, 3.63) is 29.6 Å². The second-order valence-corrected chi connectivity index (χ2v) is 4.91. The lowest BCUT2D eigenvalue weighted by Crippen LogP contribution is -2.19. The molecule has 0 aliphatic carbocycles. The third-order valence-electron chi connectivity index (χ3n) is 2.80. The molecule has 0 bridgehead atoms. The number of ether oxygens (including phenoxy) is 1. The van der Waals surface area contributed by atoms with Crippen LogP contribution in [-0.4, -0.2) is 6.61 Å². The van der Waals surface area contributed by atoms with Gasteiger partial charge in [-0.3, -0.25) is 0 Å². The lowest BCUT2D eigenvalue weighted by atomic mass is 9.78. The van der Waals surface area contributed by atoms with E-state index in [-0.39, 0.29) is 11.2 Å². The Hall–Kier alpha value is -1.05. The van der Waals surface area contributed by atoms with Gasteiger partial charge in [0.25, 0.3) is 0 Å². The van der Waals surface area contributed by atoms with Gasteiger partial charge in [-0.1, -0.05) is 26.8 Å². The van der Waals surface area contributed by atoms with E-state index in [1.54, 1.807) is 0 Å². The molecule has 0 aromatic heterocycles. The highest BCUT2D eigenvalue weighted by Crippen LogP contribution is 2.44. The maximum Gasteiger partial charge on any atom is 0.126 e. The van der Waals surface area contributed by atoms with Crippen molar-refractivity contribution >= 4 is 0 Å². The van der Waals surface area contributed by atoms with Crippen molar-refractivity contribution in [2.75, 3.05) is 6.61 Å². The van der Waals surface area contributed by atoms with Gasteiger partial charge >= 0.3 is 0 Å². The molecule has 0 saturated carbocycles. The normalized spacial score (nSPS) is 20.4. The summed E-state index contributed by atoms with van der Waals surface area (Å²) in [7, 11) is 0. The van der Waals surface area contributed by atoms with Crippen LogP contribution in [0.3, 0.4) is 0 Å². The van der Waals surface area contributed by atoms with Gasteiger partial charge in [-0.15, -0.1) is 0 Å². The van der Waals surface area contributed by atoms with Crippen molar-refractivity contribution in [2.45, 2.75) is 26.7 Å². The number of rotatable bonds is 0. The van der Waals surface area contributed by atoms with Gasteiger partial charge in [-0.25, -0.2) is 4.39 Å². The van der Waals surface area contributed by atoms with Crippen LogP contribution in [0.4, 0.5) is 4.39 Å². The zero-order valence-electron chi connectivity index (χ0n) is 8.80. The molecule has 2 rings (SSSR count). The van der Waals surface area contributed by atoms with Crippen molar-refractivity contribution < 1.29 is 9.13 Å². The molecule has 1 aliphatic heterocycles. The summed E-state index contributed by atoms with van der Waals surface area (Å²) in [6.07, 6.45) is 0. The quantitative estimate of drug-likeness (QED) is 0.615. The molecule has 0 saturated heterocycles. The van der Waals surface area contributed by atoms with Crippen molar-refractivity contribution in [2.24, 2.45) is 5.41 Å². The van der Waals surface area contributed by atoms with Gasteiger partial charge in [0, 0.05) is 17.5 Å². The first-order valence-electron chi connectivity index (χ1n) is 4.91. The smallest absolute Gasteiger partial charge is 0.126 e. The van der Waals surface area contributed by atoms with E-state index in [1.807, 2.05) is 6.07 Å². The summed E-state index contributed by atoms with van der Waals surface area (Å²) < 4.78 is 18.4. The second kappa shape index (κ2) is 2.97. The SMILES string of the molecule is CC(C)(C)C1COc2cc(F)ccc21. The molecular formula is C12H15FO. The van der Waals surface area contributed by atoms with E-state index in [2.05, 4.69) is 20.8 Å². The Morgan fingerprint density at radius 1 is 1.36 bits per heavy atom. The molecule has 0 N–H and O–H groups in total. The van der Waals surface area contributed by atoms with E-state index in [0.717, 1.165) is 5.56 Å². The minimum atomic E-state index is -0.224. The highest BCUT2D eigenvalue weighted by Gasteiger charge is 2.33. The lowest BCUT2D eigenvalue weighted by molar-refractivity contribution is 0.243. The summed E-state index contributed by atoms with van der Waals surface area (Å²) in [5.74, 6) is 0.862. The average Bonchev–Trinajstić information content (AvgIpc) is 2.45. The second-order valence-electron chi connectivity index (χ2n) is 4.91. The number of fused-ring (bicyclic) bond motifs is 1. The monoisotopic (exact) mass is 194 g/mol. The summed E-state index contributed by atoms with van der Waals surface area (Å²) in [6, 6.07) is 4.82. The molecule has 76 valence electrons. The van der Waals surface area contributed by atoms with Crippen LogP contribution in [0.2, 0.25) is 0 Å². The molecule has 2 heteroatoms.